The van der Waals surface area contributed by atoms with Gasteiger partial charge in [-0.15, -0.1) is 0 Å². The van der Waals surface area contributed by atoms with E-state index in [0.29, 0.717) is 48.1 Å². The molecule has 0 saturated carbocycles. The normalized spacial score (nSPS) is 14.7. The van der Waals surface area contributed by atoms with E-state index in [1.807, 2.05) is 55.5 Å². The smallest absolute Gasteiger partial charge is 0.321 e. The average Bonchev–Trinajstić information content (AvgIpc) is 2.87. The molecule has 0 radical (unpaired) electrons. The average molecular weight is 513 g/mol. The summed E-state index contributed by atoms with van der Waals surface area (Å²) in [5.74, 6) is 0. The highest BCUT2D eigenvalue weighted by Gasteiger charge is 2.33. The molecule has 1 aliphatic rings. The van der Waals surface area contributed by atoms with Gasteiger partial charge in [-0.25, -0.2) is 13.2 Å². The quantitative estimate of drug-likeness (QED) is 0.444. The van der Waals surface area contributed by atoms with Gasteiger partial charge in [0.05, 0.1) is 27.5 Å². The molecule has 2 amide bonds. The second kappa shape index (κ2) is 10.8. The zero-order chi connectivity index (χ0) is 25.0. The van der Waals surface area contributed by atoms with Crippen molar-refractivity contribution < 1.29 is 17.9 Å². The minimum absolute atomic E-state index is 0.269. The lowest BCUT2D eigenvalue weighted by Crippen LogP contribution is -2.44. The number of benzene rings is 3. The minimum atomic E-state index is -3.49. The highest BCUT2D eigenvalue weighted by atomic mass is 35.5. The molecule has 0 atom stereocenters. The number of amides is 2. The first-order chi connectivity index (χ1) is 16.8. The fourth-order valence-corrected chi connectivity index (χ4v) is 6.18. The number of carbonyl (C=O) groups excluding carboxylic acids is 1. The summed E-state index contributed by atoms with van der Waals surface area (Å²) < 4.78 is 31.6. The zero-order valence-electron chi connectivity index (χ0n) is 19.8. The summed E-state index contributed by atoms with van der Waals surface area (Å²) in [6.45, 7) is 3.21. The first-order valence-electron chi connectivity index (χ1n) is 11.5. The number of nitrogens with one attached hydrogen (secondary N) is 1. The number of nitrogens with zero attached hydrogens (tertiary/aromatic N) is 1. The molecule has 3 aromatic carbocycles. The lowest BCUT2D eigenvalue weighted by Gasteiger charge is -2.32. The summed E-state index contributed by atoms with van der Waals surface area (Å²) in [5, 5.41) is 2.79. The number of urea groups is 1. The SMILES string of the molecule is COCc1ccc(-c2ccc(S(=O)(=O)C3CCN(C(=O)Nc4cc(C)ccc4Cl)CC3)cc2)cc1. The zero-order valence-corrected chi connectivity index (χ0v) is 21.4. The number of piperidine rings is 1. The molecule has 0 aliphatic carbocycles. The first-order valence-corrected chi connectivity index (χ1v) is 13.4. The van der Waals surface area contributed by atoms with Gasteiger partial charge in [-0.1, -0.05) is 54.1 Å². The molecule has 1 saturated heterocycles. The molecule has 4 rings (SSSR count). The van der Waals surface area contributed by atoms with Gasteiger partial charge in [0.15, 0.2) is 9.84 Å². The molecule has 0 spiro atoms. The van der Waals surface area contributed by atoms with Crippen LogP contribution in [0.1, 0.15) is 24.0 Å². The van der Waals surface area contributed by atoms with Crippen LogP contribution in [0.3, 0.4) is 0 Å². The van der Waals surface area contributed by atoms with Gasteiger partial charge >= 0.3 is 6.03 Å². The second-order valence-electron chi connectivity index (χ2n) is 8.80. The van der Waals surface area contributed by atoms with Crippen LogP contribution in [0.15, 0.2) is 71.6 Å². The monoisotopic (exact) mass is 512 g/mol. The standard InChI is InChI=1S/C27H29ClN2O4S/c1-19-3-12-25(28)26(17-19)29-27(31)30-15-13-24(14-16-30)35(32,33)23-10-8-22(9-11-23)21-6-4-20(5-7-21)18-34-2/h3-12,17,24H,13-16,18H2,1-2H3,(H,29,31). The van der Waals surface area contributed by atoms with Crippen LogP contribution in [-0.2, 0) is 21.2 Å². The van der Waals surface area contributed by atoms with Crippen molar-refractivity contribution >= 4 is 33.2 Å². The number of rotatable bonds is 6. The maximum absolute atomic E-state index is 13.3. The van der Waals surface area contributed by atoms with E-state index in [9.17, 15) is 13.2 Å². The Balaban J connectivity index is 1.38. The predicted molar refractivity (Wildman–Crippen MR) is 140 cm³/mol. The molecule has 1 heterocycles. The van der Waals surface area contributed by atoms with Crippen LogP contribution in [-0.4, -0.2) is 44.8 Å². The fourth-order valence-electron chi connectivity index (χ4n) is 4.29. The van der Waals surface area contributed by atoms with Gasteiger partial charge in [0, 0.05) is 20.2 Å². The van der Waals surface area contributed by atoms with Gasteiger partial charge in [-0.3, -0.25) is 0 Å². The number of halogens is 1. The molecule has 3 aromatic rings. The molecule has 0 aromatic heterocycles. The van der Waals surface area contributed by atoms with Crippen LogP contribution in [0.25, 0.3) is 11.1 Å². The lowest BCUT2D eigenvalue weighted by molar-refractivity contribution is 0.185. The van der Waals surface area contributed by atoms with E-state index in [1.165, 1.54) is 0 Å². The van der Waals surface area contributed by atoms with Crippen LogP contribution in [0.4, 0.5) is 10.5 Å². The van der Waals surface area contributed by atoms with Gasteiger partial charge in [0.25, 0.3) is 0 Å². The maximum atomic E-state index is 13.3. The molecule has 184 valence electrons. The summed E-state index contributed by atoms with van der Waals surface area (Å²) in [4.78, 5) is 14.6. The molecule has 0 unspecified atom stereocenters. The summed E-state index contributed by atoms with van der Waals surface area (Å²) >= 11 is 6.18. The summed E-state index contributed by atoms with van der Waals surface area (Å²) in [7, 11) is -1.83. The number of likely N-dealkylation sites (tertiary alicyclic amines) is 1. The molecule has 35 heavy (non-hydrogen) atoms. The Labute approximate surface area is 211 Å². The van der Waals surface area contributed by atoms with E-state index in [4.69, 9.17) is 16.3 Å². The number of methoxy groups -OCH3 is 1. The van der Waals surface area contributed by atoms with Crippen molar-refractivity contribution in [1.82, 2.24) is 4.90 Å². The van der Waals surface area contributed by atoms with Crippen molar-refractivity contribution in [3.63, 3.8) is 0 Å². The lowest BCUT2D eigenvalue weighted by atomic mass is 10.0. The van der Waals surface area contributed by atoms with Crippen molar-refractivity contribution in [2.45, 2.75) is 36.5 Å². The summed E-state index contributed by atoms with van der Waals surface area (Å²) in [6, 6.07) is 20.2. The highest BCUT2D eigenvalue weighted by Crippen LogP contribution is 2.28. The fraction of sp³-hybridized carbons (Fsp3) is 0.296. The van der Waals surface area contributed by atoms with Crippen LogP contribution in [0, 0.1) is 6.92 Å². The van der Waals surface area contributed by atoms with Crippen molar-refractivity contribution in [1.29, 1.82) is 0 Å². The Morgan fingerprint density at radius 2 is 1.60 bits per heavy atom. The minimum Gasteiger partial charge on any atom is -0.380 e. The highest BCUT2D eigenvalue weighted by molar-refractivity contribution is 7.92. The molecular formula is C27H29ClN2O4S. The number of hydrogen-bond donors (Lipinski definition) is 1. The molecule has 0 bridgehead atoms. The Bertz CT molecular complexity index is 1280. The molecular weight excluding hydrogens is 484 g/mol. The Hall–Kier alpha value is -2.87. The molecule has 1 aliphatic heterocycles. The van der Waals surface area contributed by atoms with Crippen LogP contribution in [0.2, 0.25) is 5.02 Å². The van der Waals surface area contributed by atoms with Crippen molar-refractivity contribution in [3.8, 4) is 11.1 Å². The van der Waals surface area contributed by atoms with Crippen molar-refractivity contribution in [2.24, 2.45) is 0 Å². The third-order valence-electron chi connectivity index (χ3n) is 6.31. The Morgan fingerprint density at radius 3 is 2.20 bits per heavy atom. The third kappa shape index (κ3) is 5.86. The van der Waals surface area contributed by atoms with Gasteiger partial charge in [-0.05, 0) is 66.3 Å². The van der Waals surface area contributed by atoms with Crippen molar-refractivity contribution in [3.05, 3.63) is 82.9 Å². The molecule has 6 nitrogen and oxygen atoms in total. The maximum Gasteiger partial charge on any atom is 0.321 e. The first kappa shape index (κ1) is 25.2. The number of hydrogen-bond acceptors (Lipinski definition) is 4. The van der Waals surface area contributed by atoms with Gasteiger partial charge in [0.1, 0.15) is 0 Å². The third-order valence-corrected chi connectivity index (χ3v) is 8.92. The Morgan fingerprint density at radius 1 is 1.00 bits per heavy atom. The molecule has 8 heteroatoms. The van der Waals surface area contributed by atoms with Crippen LogP contribution >= 0.6 is 11.6 Å². The number of ether oxygens (including phenoxy) is 1. The number of sulfone groups is 1. The molecule has 1 N–H and O–H groups in total. The predicted octanol–water partition coefficient (Wildman–Crippen LogP) is 5.93. The van der Waals surface area contributed by atoms with Crippen LogP contribution < -0.4 is 5.32 Å². The van der Waals surface area contributed by atoms with E-state index in [-0.39, 0.29) is 6.03 Å². The van der Waals surface area contributed by atoms with Crippen LogP contribution in [0.5, 0.6) is 0 Å². The Kier molecular flexibility index (Phi) is 7.79. The molecule has 1 fully saturated rings. The largest absolute Gasteiger partial charge is 0.380 e. The van der Waals surface area contributed by atoms with E-state index < -0.39 is 15.1 Å². The number of carbonyl (C=O) groups is 1. The summed E-state index contributed by atoms with van der Waals surface area (Å²) in [6.07, 6.45) is 0.778. The topological polar surface area (TPSA) is 75.7 Å². The second-order valence-corrected chi connectivity index (χ2v) is 11.4. The van der Waals surface area contributed by atoms with E-state index in [1.54, 1.807) is 30.2 Å². The number of anilines is 1. The van der Waals surface area contributed by atoms with Gasteiger partial charge in [-0.2, -0.15) is 0 Å². The van der Waals surface area contributed by atoms with E-state index >= 15 is 0 Å². The van der Waals surface area contributed by atoms with Gasteiger partial charge in [0.2, 0.25) is 0 Å². The number of aryl methyl sites for hydroxylation is 1. The van der Waals surface area contributed by atoms with E-state index in [0.717, 1.165) is 22.3 Å². The van der Waals surface area contributed by atoms with Gasteiger partial charge < -0.3 is 15.0 Å². The summed E-state index contributed by atoms with van der Waals surface area (Å²) in [5.41, 5.74) is 4.59. The van der Waals surface area contributed by atoms with E-state index in [2.05, 4.69) is 5.32 Å². The van der Waals surface area contributed by atoms with Crippen molar-refractivity contribution in [2.75, 3.05) is 25.5 Å².